The molecule has 32 heavy (non-hydrogen) atoms. The van der Waals surface area contributed by atoms with Crippen molar-refractivity contribution in [1.82, 2.24) is 5.32 Å². The van der Waals surface area contributed by atoms with Gasteiger partial charge in [-0.15, -0.1) is 0 Å². The van der Waals surface area contributed by atoms with E-state index in [0.29, 0.717) is 17.0 Å². The number of thioether (sulfide) groups is 1. The van der Waals surface area contributed by atoms with Crippen molar-refractivity contribution in [3.63, 3.8) is 0 Å². The van der Waals surface area contributed by atoms with Crippen molar-refractivity contribution in [2.24, 2.45) is 5.92 Å². The molecule has 0 aliphatic carbocycles. The monoisotopic (exact) mass is 451 g/mol. The van der Waals surface area contributed by atoms with Gasteiger partial charge in [-0.25, -0.2) is 0 Å². The fraction of sp³-hybridized carbons (Fsp3) is 0.217. The van der Waals surface area contributed by atoms with Gasteiger partial charge in [0.2, 0.25) is 11.8 Å². The van der Waals surface area contributed by atoms with Crippen LogP contribution in [0.4, 0.5) is 5.69 Å². The van der Waals surface area contributed by atoms with Gasteiger partial charge in [-0.1, -0.05) is 48.2 Å². The predicted octanol–water partition coefficient (Wildman–Crippen LogP) is 2.80. The van der Waals surface area contributed by atoms with Gasteiger partial charge >= 0.3 is 5.97 Å². The van der Waals surface area contributed by atoms with E-state index in [4.69, 9.17) is 9.47 Å². The summed E-state index contributed by atoms with van der Waals surface area (Å²) in [4.78, 5) is 37.6. The van der Waals surface area contributed by atoms with Gasteiger partial charge in [-0.3, -0.25) is 14.4 Å². The first-order valence-corrected chi connectivity index (χ1v) is 10.6. The fourth-order valence-electron chi connectivity index (χ4n) is 3.38. The minimum absolute atomic E-state index is 0.0532. The summed E-state index contributed by atoms with van der Waals surface area (Å²) in [7, 11) is 2.73. The number of hydrogen-bond donors (Lipinski definition) is 2. The molecule has 0 aromatic heterocycles. The van der Waals surface area contributed by atoms with Gasteiger partial charge in [0.1, 0.15) is 11.7 Å². The number of nitriles is 1. The van der Waals surface area contributed by atoms with Crippen molar-refractivity contribution in [1.29, 1.82) is 5.26 Å². The Kier molecular flexibility index (Phi) is 7.52. The number of amides is 2. The molecule has 1 aliphatic heterocycles. The number of nitrogens with one attached hydrogen (secondary N) is 2. The largest absolute Gasteiger partial charge is 0.497 e. The zero-order chi connectivity index (χ0) is 23.1. The molecule has 2 atom stereocenters. The number of esters is 1. The van der Waals surface area contributed by atoms with Gasteiger partial charge in [0, 0.05) is 17.7 Å². The summed E-state index contributed by atoms with van der Waals surface area (Å²) < 4.78 is 9.95. The Morgan fingerprint density at radius 1 is 1.16 bits per heavy atom. The van der Waals surface area contributed by atoms with Crippen LogP contribution in [0.2, 0.25) is 0 Å². The Morgan fingerprint density at radius 2 is 1.91 bits per heavy atom. The predicted molar refractivity (Wildman–Crippen MR) is 120 cm³/mol. The Morgan fingerprint density at radius 3 is 2.56 bits per heavy atom. The van der Waals surface area contributed by atoms with Crippen LogP contribution < -0.4 is 15.4 Å². The molecule has 2 aromatic carbocycles. The van der Waals surface area contributed by atoms with E-state index in [1.54, 1.807) is 54.6 Å². The molecule has 8 nitrogen and oxygen atoms in total. The van der Waals surface area contributed by atoms with Crippen LogP contribution in [0, 0.1) is 17.2 Å². The lowest BCUT2D eigenvalue weighted by Gasteiger charge is -2.30. The number of hydrogen-bond acceptors (Lipinski definition) is 7. The van der Waals surface area contributed by atoms with Crippen LogP contribution in [0.25, 0.3) is 0 Å². The third kappa shape index (κ3) is 5.10. The number of allylic oxidation sites excluding steroid dienone is 1. The van der Waals surface area contributed by atoms with E-state index in [1.165, 1.54) is 14.2 Å². The molecule has 0 unspecified atom stereocenters. The lowest BCUT2D eigenvalue weighted by Crippen LogP contribution is -2.44. The Labute approximate surface area is 189 Å². The molecule has 1 heterocycles. The smallest absolute Gasteiger partial charge is 0.319 e. The summed E-state index contributed by atoms with van der Waals surface area (Å²) in [6, 6.07) is 17.8. The quantitative estimate of drug-likeness (QED) is 0.491. The molecule has 1 aliphatic rings. The van der Waals surface area contributed by atoms with E-state index in [-0.39, 0.29) is 22.3 Å². The number of benzene rings is 2. The molecule has 0 fully saturated rings. The SMILES string of the molecule is COC(=O)[C@H]1C(=O)NC(SCC(=O)Nc2cccc(OC)c2)=C(C#N)[C@H]1c1ccccc1. The van der Waals surface area contributed by atoms with Crippen molar-refractivity contribution in [2.45, 2.75) is 5.92 Å². The minimum atomic E-state index is -1.20. The topological polar surface area (TPSA) is 118 Å². The molecule has 2 N–H and O–H groups in total. The van der Waals surface area contributed by atoms with Crippen LogP contribution in [0.3, 0.4) is 0 Å². The van der Waals surface area contributed by atoms with Crippen molar-refractivity contribution >= 4 is 35.2 Å². The van der Waals surface area contributed by atoms with Crippen LogP contribution >= 0.6 is 11.8 Å². The van der Waals surface area contributed by atoms with Crippen LogP contribution in [0.1, 0.15) is 11.5 Å². The standard InChI is InChI=1S/C23H21N3O5S/c1-30-16-10-6-9-15(11-16)25-18(27)13-32-22-17(12-24)19(14-7-4-3-5-8-14)20(21(28)26-22)23(29)31-2/h3-11,19-20H,13H2,1-2H3,(H,25,27)(H,26,28)/t19-,20-/m1/s1. The zero-order valence-corrected chi connectivity index (χ0v) is 18.3. The second kappa shape index (κ2) is 10.5. The Bertz CT molecular complexity index is 1090. The number of nitrogens with zero attached hydrogens (tertiary/aromatic N) is 1. The van der Waals surface area contributed by atoms with Gasteiger partial charge < -0.3 is 20.1 Å². The highest BCUT2D eigenvalue weighted by molar-refractivity contribution is 8.03. The number of methoxy groups -OCH3 is 2. The number of carbonyl (C=O) groups is 3. The molecule has 0 bridgehead atoms. The molecule has 0 spiro atoms. The molecule has 3 rings (SSSR count). The molecule has 0 saturated heterocycles. The summed E-state index contributed by atoms with van der Waals surface area (Å²) in [5, 5.41) is 15.5. The summed E-state index contributed by atoms with van der Waals surface area (Å²) in [5.74, 6) is -3.11. The summed E-state index contributed by atoms with van der Waals surface area (Å²) in [6.07, 6.45) is 0. The Hall–Kier alpha value is -3.77. The van der Waals surface area contributed by atoms with E-state index >= 15 is 0 Å². The van der Waals surface area contributed by atoms with E-state index in [9.17, 15) is 19.6 Å². The van der Waals surface area contributed by atoms with Crippen LogP contribution in [-0.4, -0.2) is 37.8 Å². The molecule has 164 valence electrons. The van der Waals surface area contributed by atoms with Crippen LogP contribution in [-0.2, 0) is 19.1 Å². The van der Waals surface area contributed by atoms with Crippen LogP contribution in [0.5, 0.6) is 5.75 Å². The summed E-state index contributed by atoms with van der Waals surface area (Å²) in [6.45, 7) is 0. The first-order chi connectivity index (χ1) is 15.5. The van der Waals surface area contributed by atoms with Gasteiger partial charge in [0.25, 0.3) is 0 Å². The number of rotatable bonds is 7. The molecule has 2 amide bonds. The summed E-state index contributed by atoms with van der Waals surface area (Å²) in [5.41, 5.74) is 1.39. The number of ether oxygens (including phenoxy) is 2. The van der Waals surface area contributed by atoms with Gasteiger partial charge in [0.05, 0.1) is 36.6 Å². The van der Waals surface area contributed by atoms with Crippen molar-refractivity contribution in [3.8, 4) is 11.8 Å². The number of carbonyl (C=O) groups excluding carboxylic acids is 3. The van der Waals surface area contributed by atoms with E-state index in [0.717, 1.165) is 11.8 Å². The van der Waals surface area contributed by atoms with E-state index in [2.05, 4.69) is 16.7 Å². The number of anilines is 1. The first kappa shape index (κ1) is 22.9. The average molecular weight is 452 g/mol. The lowest BCUT2D eigenvalue weighted by molar-refractivity contribution is -0.150. The molecule has 2 aromatic rings. The maximum Gasteiger partial charge on any atom is 0.319 e. The molecule has 9 heteroatoms. The summed E-state index contributed by atoms with van der Waals surface area (Å²) >= 11 is 1.02. The van der Waals surface area contributed by atoms with Gasteiger partial charge in [-0.05, 0) is 17.7 Å². The van der Waals surface area contributed by atoms with Gasteiger partial charge in [0.15, 0.2) is 0 Å². The zero-order valence-electron chi connectivity index (χ0n) is 17.5. The highest BCUT2D eigenvalue weighted by Gasteiger charge is 2.44. The van der Waals surface area contributed by atoms with Crippen LogP contribution in [0.15, 0.2) is 65.2 Å². The van der Waals surface area contributed by atoms with Crippen molar-refractivity contribution in [2.75, 3.05) is 25.3 Å². The first-order valence-electron chi connectivity index (χ1n) is 9.63. The maximum atomic E-state index is 12.8. The molecule has 0 radical (unpaired) electrons. The third-order valence-electron chi connectivity index (χ3n) is 4.84. The lowest BCUT2D eigenvalue weighted by atomic mass is 9.78. The fourth-order valence-corrected chi connectivity index (χ4v) is 4.22. The van der Waals surface area contributed by atoms with E-state index < -0.39 is 23.7 Å². The molecule has 0 saturated carbocycles. The highest BCUT2D eigenvalue weighted by Crippen LogP contribution is 2.40. The highest BCUT2D eigenvalue weighted by atomic mass is 32.2. The average Bonchev–Trinajstić information content (AvgIpc) is 2.82. The van der Waals surface area contributed by atoms with E-state index in [1.807, 2.05) is 0 Å². The third-order valence-corrected chi connectivity index (χ3v) is 5.86. The van der Waals surface area contributed by atoms with Crippen molar-refractivity contribution < 1.29 is 23.9 Å². The van der Waals surface area contributed by atoms with Crippen molar-refractivity contribution in [3.05, 3.63) is 70.8 Å². The second-order valence-corrected chi connectivity index (χ2v) is 7.79. The van der Waals surface area contributed by atoms with Gasteiger partial charge in [-0.2, -0.15) is 5.26 Å². The molecular formula is C23H21N3O5S. The normalized spacial score (nSPS) is 17.7. The Balaban J connectivity index is 1.84. The molecular weight excluding hydrogens is 430 g/mol. The minimum Gasteiger partial charge on any atom is -0.497 e. The maximum absolute atomic E-state index is 12.8. The second-order valence-electron chi connectivity index (χ2n) is 6.80.